The number of ether oxygens (including phenoxy) is 6. The molecule has 0 aromatic heterocycles. The SMILES string of the molecule is CCCCCC/C=C/CCCCCCCCCCCC(=O)OC[C@@H](CO[C@@H]1O[C@H](CO[C@@H]2O[C@H](CO)[C@H](O)C(O)C2O)[C@H](O)C(O)C1O)OC(=O)CCCCCCCCCC. The van der Waals surface area contributed by atoms with E-state index in [1.165, 1.54) is 96.3 Å². The molecular weight excluding hydrogens is 792 g/mol. The Hall–Kier alpha value is -1.76. The Morgan fingerprint density at radius 1 is 0.508 bits per heavy atom. The average Bonchev–Trinajstić information content (AvgIpc) is 3.25. The smallest absolute Gasteiger partial charge is 0.306 e. The monoisotopic (exact) mass is 877 g/mol. The Morgan fingerprint density at radius 3 is 1.46 bits per heavy atom. The zero-order valence-corrected chi connectivity index (χ0v) is 37.4. The lowest BCUT2D eigenvalue weighted by Gasteiger charge is -2.42. The third-order valence-corrected chi connectivity index (χ3v) is 11.5. The molecule has 0 bridgehead atoms. The lowest BCUT2D eigenvalue weighted by molar-refractivity contribution is -0.332. The van der Waals surface area contributed by atoms with Crippen molar-refractivity contribution in [1.82, 2.24) is 0 Å². The van der Waals surface area contributed by atoms with Crippen LogP contribution in [0.3, 0.4) is 0 Å². The van der Waals surface area contributed by atoms with E-state index in [4.69, 9.17) is 28.4 Å². The average molecular weight is 877 g/mol. The van der Waals surface area contributed by atoms with E-state index in [2.05, 4.69) is 26.0 Å². The number of aliphatic hydroxyl groups is 7. The van der Waals surface area contributed by atoms with Gasteiger partial charge in [0.15, 0.2) is 18.7 Å². The molecule has 15 nitrogen and oxygen atoms in total. The number of aliphatic hydroxyl groups excluding tert-OH is 7. The maximum absolute atomic E-state index is 12.9. The summed E-state index contributed by atoms with van der Waals surface area (Å²) in [7, 11) is 0. The Bertz CT molecular complexity index is 1120. The molecule has 11 atom stereocenters. The van der Waals surface area contributed by atoms with Crippen LogP contribution in [-0.4, -0.2) is 142 Å². The number of hydrogen-bond acceptors (Lipinski definition) is 15. The van der Waals surface area contributed by atoms with Gasteiger partial charge in [-0.1, -0.05) is 135 Å². The van der Waals surface area contributed by atoms with Gasteiger partial charge in [-0.3, -0.25) is 9.59 Å². The van der Waals surface area contributed by atoms with Crippen LogP contribution >= 0.6 is 0 Å². The van der Waals surface area contributed by atoms with Gasteiger partial charge in [0, 0.05) is 12.8 Å². The molecule has 15 heteroatoms. The lowest BCUT2D eigenvalue weighted by atomic mass is 9.98. The summed E-state index contributed by atoms with van der Waals surface area (Å²) in [5, 5.41) is 71.8. The molecular formula is C46H84O15. The Kier molecular flexibility index (Phi) is 31.4. The quantitative estimate of drug-likeness (QED) is 0.0236. The fourth-order valence-corrected chi connectivity index (χ4v) is 7.50. The first-order valence-electron chi connectivity index (χ1n) is 23.8. The summed E-state index contributed by atoms with van der Waals surface area (Å²) in [6.07, 6.45) is 14.1. The zero-order valence-electron chi connectivity index (χ0n) is 37.4. The molecule has 0 amide bonds. The van der Waals surface area contributed by atoms with Crippen LogP contribution < -0.4 is 0 Å². The first kappa shape index (κ1) is 55.4. The van der Waals surface area contributed by atoms with Crippen LogP contribution in [0.2, 0.25) is 0 Å². The number of rotatable bonds is 36. The van der Waals surface area contributed by atoms with Crippen molar-refractivity contribution in [1.29, 1.82) is 0 Å². The molecule has 0 spiro atoms. The highest BCUT2D eigenvalue weighted by Gasteiger charge is 2.47. The van der Waals surface area contributed by atoms with E-state index in [9.17, 15) is 45.3 Å². The molecule has 2 aliphatic rings. The molecule has 0 aliphatic carbocycles. The van der Waals surface area contributed by atoms with Crippen molar-refractivity contribution >= 4 is 11.9 Å². The normalized spacial score (nSPS) is 27.4. The maximum atomic E-state index is 12.9. The highest BCUT2D eigenvalue weighted by atomic mass is 16.7. The van der Waals surface area contributed by atoms with Crippen molar-refractivity contribution in [2.75, 3.05) is 26.4 Å². The Labute approximate surface area is 365 Å². The number of allylic oxidation sites excluding steroid dienone is 2. The van der Waals surface area contributed by atoms with Crippen molar-refractivity contribution < 1.29 is 73.8 Å². The summed E-state index contributed by atoms with van der Waals surface area (Å²) in [5.74, 6) is -0.927. The summed E-state index contributed by atoms with van der Waals surface area (Å²) in [4.78, 5) is 25.6. The Balaban J connectivity index is 1.79. The Morgan fingerprint density at radius 2 is 0.934 bits per heavy atom. The number of carbonyl (C=O) groups is 2. The van der Waals surface area contributed by atoms with Gasteiger partial charge < -0.3 is 64.2 Å². The largest absolute Gasteiger partial charge is 0.462 e. The van der Waals surface area contributed by atoms with E-state index in [1.807, 2.05) is 0 Å². The molecule has 7 N–H and O–H groups in total. The number of unbranched alkanes of at least 4 members (excludes halogenated alkanes) is 20. The molecule has 2 fully saturated rings. The van der Waals surface area contributed by atoms with Crippen molar-refractivity contribution in [3.8, 4) is 0 Å². The van der Waals surface area contributed by atoms with Crippen molar-refractivity contribution in [3.63, 3.8) is 0 Å². The predicted molar refractivity (Wildman–Crippen MR) is 229 cm³/mol. The van der Waals surface area contributed by atoms with Gasteiger partial charge in [-0.2, -0.15) is 0 Å². The molecule has 2 saturated heterocycles. The summed E-state index contributed by atoms with van der Waals surface area (Å²) >= 11 is 0. The third kappa shape index (κ3) is 23.7. The lowest BCUT2D eigenvalue weighted by Crippen LogP contribution is -2.61. The minimum atomic E-state index is -1.76. The first-order valence-corrected chi connectivity index (χ1v) is 23.8. The van der Waals surface area contributed by atoms with E-state index in [0.29, 0.717) is 12.8 Å². The second-order valence-corrected chi connectivity index (χ2v) is 16.9. The van der Waals surface area contributed by atoms with Gasteiger partial charge in [0.2, 0.25) is 0 Å². The zero-order chi connectivity index (χ0) is 44.7. The molecule has 0 aromatic carbocycles. The second-order valence-electron chi connectivity index (χ2n) is 16.9. The van der Waals surface area contributed by atoms with Gasteiger partial charge in [-0.05, 0) is 38.5 Å². The van der Waals surface area contributed by atoms with Gasteiger partial charge >= 0.3 is 11.9 Å². The summed E-state index contributed by atoms with van der Waals surface area (Å²) in [6, 6.07) is 0. The van der Waals surface area contributed by atoms with Gasteiger partial charge in [0.05, 0.1) is 19.8 Å². The minimum Gasteiger partial charge on any atom is -0.462 e. The standard InChI is InChI=1S/C46H84O15/c1-3-5-7-9-11-13-14-15-16-17-18-19-20-21-23-24-26-28-37(48)56-31-34(59-38(49)29-27-25-22-12-10-8-6-4-2)32-57-45-44(55)42(53)40(51)36(61-45)33-58-46-43(54)41(52)39(50)35(30-47)60-46/h13-14,34-36,39-47,50-55H,3-12,15-33H2,1-2H3/b14-13+/t34-,35+,36+,39-,40-,41?,42?,43?,44?,45+,46+/m0/s1. The van der Waals surface area contributed by atoms with Crippen LogP contribution in [0.4, 0.5) is 0 Å². The van der Waals surface area contributed by atoms with E-state index in [1.54, 1.807) is 0 Å². The highest BCUT2D eigenvalue weighted by molar-refractivity contribution is 5.70. The van der Waals surface area contributed by atoms with Crippen molar-refractivity contribution in [2.24, 2.45) is 0 Å². The van der Waals surface area contributed by atoms with Crippen LogP contribution in [-0.2, 0) is 38.0 Å². The predicted octanol–water partition coefficient (Wildman–Crippen LogP) is 5.43. The van der Waals surface area contributed by atoms with Crippen molar-refractivity contribution in [2.45, 2.75) is 242 Å². The maximum Gasteiger partial charge on any atom is 0.306 e. The van der Waals surface area contributed by atoms with Crippen LogP contribution in [0.5, 0.6) is 0 Å². The summed E-state index contributed by atoms with van der Waals surface area (Å²) in [6.45, 7) is 2.53. The number of esters is 2. The fraction of sp³-hybridized carbons (Fsp3) is 0.913. The van der Waals surface area contributed by atoms with E-state index >= 15 is 0 Å². The summed E-state index contributed by atoms with van der Waals surface area (Å²) in [5.41, 5.74) is 0. The number of carbonyl (C=O) groups excluding carboxylic acids is 2. The summed E-state index contributed by atoms with van der Waals surface area (Å²) < 4.78 is 33.4. The van der Waals surface area contributed by atoms with Gasteiger partial charge in [0.1, 0.15) is 55.4 Å². The molecule has 0 radical (unpaired) electrons. The molecule has 2 rings (SSSR count). The van der Waals surface area contributed by atoms with E-state index < -0.39 is 92.7 Å². The second kappa shape index (κ2) is 34.6. The van der Waals surface area contributed by atoms with Gasteiger partial charge in [-0.15, -0.1) is 0 Å². The van der Waals surface area contributed by atoms with E-state index in [0.717, 1.165) is 38.5 Å². The number of hydrogen-bond donors (Lipinski definition) is 7. The van der Waals surface area contributed by atoms with Gasteiger partial charge in [-0.25, -0.2) is 0 Å². The molecule has 2 aliphatic heterocycles. The van der Waals surface area contributed by atoms with Crippen LogP contribution in [0.1, 0.15) is 174 Å². The molecule has 2 heterocycles. The van der Waals surface area contributed by atoms with Crippen LogP contribution in [0.15, 0.2) is 12.2 Å². The van der Waals surface area contributed by atoms with Gasteiger partial charge in [0.25, 0.3) is 0 Å². The molecule has 0 saturated carbocycles. The molecule has 61 heavy (non-hydrogen) atoms. The topological polar surface area (TPSA) is 231 Å². The minimum absolute atomic E-state index is 0.167. The highest BCUT2D eigenvalue weighted by Crippen LogP contribution is 2.26. The molecule has 4 unspecified atom stereocenters. The molecule has 358 valence electrons. The first-order chi connectivity index (χ1) is 29.5. The molecule has 0 aromatic rings. The van der Waals surface area contributed by atoms with Crippen LogP contribution in [0.25, 0.3) is 0 Å². The fourth-order valence-electron chi connectivity index (χ4n) is 7.50. The van der Waals surface area contributed by atoms with E-state index in [-0.39, 0.29) is 26.1 Å². The third-order valence-electron chi connectivity index (χ3n) is 11.5. The van der Waals surface area contributed by atoms with Crippen LogP contribution in [0, 0.1) is 0 Å². The van der Waals surface area contributed by atoms with Crippen molar-refractivity contribution in [3.05, 3.63) is 12.2 Å².